The third-order valence-corrected chi connectivity index (χ3v) is 9.46. The molecule has 0 bridgehead atoms. The van der Waals surface area contributed by atoms with Gasteiger partial charge >= 0.3 is 6.03 Å². The van der Waals surface area contributed by atoms with Gasteiger partial charge in [-0.25, -0.2) is 4.79 Å². The van der Waals surface area contributed by atoms with Gasteiger partial charge in [0.05, 0.1) is 0 Å². The van der Waals surface area contributed by atoms with Crippen LogP contribution >= 0.6 is 0 Å². The molecule has 248 valence electrons. The van der Waals surface area contributed by atoms with E-state index in [-0.39, 0.29) is 23.8 Å². The Labute approximate surface area is 276 Å². The van der Waals surface area contributed by atoms with Gasteiger partial charge in [0.25, 0.3) is 0 Å². The molecule has 4 rings (SSSR count). The third kappa shape index (κ3) is 10.1. The molecule has 0 spiro atoms. The summed E-state index contributed by atoms with van der Waals surface area (Å²) < 4.78 is 0. The summed E-state index contributed by atoms with van der Waals surface area (Å²) in [5.41, 5.74) is 4.22. The van der Waals surface area contributed by atoms with Gasteiger partial charge in [0.1, 0.15) is 6.04 Å². The smallest absolute Gasteiger partial charge is 0.318 e. The number of nitrogens with one attached hydrogen (secondary N) is 3. The lowest BCUT2D eigenvalue weighted by Crippen LogP contribution is -2.54. The number of likely N-dealkylation sites (N-methyl/N-ethyl adjacent to an activating group) is 1. The van der Waals surface area contributed by atoms with Crippen LogP contribution in [0.15, 0.2) is 91.2 Å². The standard InChI is InChI=1S/C38H54N6O2/c1-6-8-19-39-27-35(29(3)7-2)30(4)36(41-38(46)44-20-17-33(18-21-44)32-14-10-9-11-15-32)37(45)40-34-16-12-13-31(26-34)28-43-24-22-42(5)23-25-43/h6-16,26-27,29-30,33,36,39H,2,17-25,28H2,1,3-5H3,(H,40,45)(H,41,46)/b8-6-,35-27+. The van der Waals surface area contributed by atoms with Gasteiger partial charge in [0.15, 0.2) is 0 Å². The Hall–Kier alpha value is -3.88. The summed E-state index contributed by atoms with van der Waals surface area (Å²) in [4.78, 5) is 34.5. The zero-order chi connectivity index (χ0) is 32.9. The Morgan fingerprint density at radius 3 is 2.37 bits per heavy atom. The van der Waals surface area contributed by atoms with Crippen molar-refractivity contribution in [3.63, 3.8) is 0 Å². The van der Waals surface area contributed by atoms with Gasteiger partial charge in [-0.15, -0.1) is 6.58 Å². The van der Waals surface area contributed by atoms with Crippen molar-refractivity contribution in [1.29, 1.82) is 0 Å². The number of amides is 3. The quantitative estimate of drug-likeness (QED) is 0.192. The number of piperidine rings is 1. The van der Waals surface area contributed by atoms with Gasteiger partial charge in [0, 0.05) is 64.0 Å². The molecule has 46 heavy (non-hydrogen) atoms. The molecule has 0 aromatic heterocycles. The highest BCUT2D eigenvalue weighted by molar-refractivity contribution is 5.97. The highest BCUT2D eigenvalue weighted by atomic mass is 16.2. The zero-order valence-corrected chi connectivity index (χ0v) is 28.3. The fourth-order valence-electron chi connectivity index (χ4n) is 6.38. The maximum absolute atomic E-state index is 14.1. The van der Waals surface area contributed by atoms with Crippen molar-refractivity contribution in [1.82, 2.24) is 25.3 Å². The van der Waals surface area contributed by atoms with Crippen LogP contribution in [0.4, 0.5) is 10.5 Å². The Kier molecular flexibility index (Phi) is 13.5. The number of nitrogens with zero attached hydrogens (tertiary/aromatic N) is 3. The number of rotatable bonds is 13. The summed E-state index contributed by atoms with van der Waals surface area (Å²) in [6.45, 7) is 17.1. The maximum atomic E-state index is 14.1. The van der Waals surface area contributed by atoms with Gasteiger partial charge in [-0.3, -0.25) is 9.69 Å². The SMILES string of the molecule is C=CC(C)/C(=C\NC/C=C\C)C(C)C(NC(=O)N1CCC(c2ccccc2)CC1)C(=O)Nc1cccc(CN2CCN(C)CC2)c1. The van der Waals surface area contributed by atoms with E-state index in [9.17, 15) is 9.59 Å². The molecule has 8 heteroatoms. The van der Waals surface area contributed by atoms with E-state index in [1.165, 1.54) is 5.56 Å². The lowest BCUT2D eigenvalue weighted by Gasteiger charge is -2.35. The Morgan fingerprint density at radius 1 is 0.978 bits per heavy atom. The first-order chi connectivity index (χ1) is 22.3. The molecule has 3 amide bonds. The molecule has 3 atom stereocenters. The number of hydrogen-bond acceptors (Lipinski definition) is 5. The normalized spacial score (nSPS) is 19.0. The number of urea groups is 1. The number of anilines is 1. The third-order valence-electron chi connectivity index (χ3n) is 9.46. The number of likely N-dealkylation sites (tertiary alicyclic amines) is 1. The highest BCUT2D eigenvalue weighted by Crippen LogP contribution is 2.29. The van der Waals surface area contributed by atoms with Crippen molar-refractivity contribution in [3.05, 3.63) is 102 Å². The molecule has 0 radical (unpaired) electrons. The second-order valence-corrected chi connectivity index (χ2v) is 12.8. The number of carbonyl (C=O) groups excluding carboxylic acids is 2. The fourth-order valence-corrected chi connectivity index (χ4v) is 6.38. The van der Waals surface area contributed by atoms with Gasteiger partial charge in [0.2, 0.25) is 5.91 Å². The van der Waals surface area contributed by atoms with Crippen molar-refractivity contribution in [2.45, 2.75) is 52.1 Å². The second kappa shape index (κ2) is 17.7. The van der Waals surface area contributed by atoms with Crippen LogP contribution in [0, 0.1) is 11.8 Å². The van der Waals surface area contributed by atoms with Crippen molar-refractivity contribution >= 4 is 17.6 Å². The minimum Gasteiger partial charge on any atom is -0.387 e. The molecular weight excluding hydrogens is 572 g/mol. The maximum Gasteiger partial charge on any atom is 0.318 e. The minimum absolute atomic E-state index is 0.00819. The first kappa shape index (κ1) is 35.0. The minimum atomic E-state index is -0.780. The van der Waals surface area contributed by atoms with E-state index in [1.54, 1.807) is 0 Å². The molecule has 2 aliphatic rings. The van der Waals surface area contributed by atoms with Crippen LogP contribution in [0.25, 0.3) is 0 Å². The molecule has 2 aromatic rings. The number of allylic oxidation sites excluding steroid dienone is 2. The Balaban J connectivity index is 1.50. The van der Waals surface area contributed by atoms with E-state index in [2.05, 4.69) is 82.7 Å². The average molecular weight is 627 g/mol. The van der Waals surface area contributed by atoms with E-state index >= 15 is 0 Å². The lowest BCUT2D eigenvalue weighted by molar-refractivity contribution is -0.118. The number of benzene rings is 2. The molecule has 3 unspecified atom stereocenters. The molecule has 2 aromatic carbocycles. The van der Waals surface area contributed by atoms with Crippen molar-refractivity contribution in [2.24, 2.45) is 11.8 Å². The predicted octanol–water partition coefficient (Wildman–Crippen LogP) is 5.84. The summed E-state index contributed by atoms with van der Waals surface area (Å²) in [6, 6.07) is 17.6. The topological polar surface area (TPSA) is 79.9 Å². The van der Waals surface area contributed by atoms with Gasteiger partial charge < -0.3 is 25.8 Å². The van der Waals surface area contributed by atoms with E-state index in [1.807, 2.05) is 61.4 Å². The molecule has 3 N–H and O–H groups in total. The van der Waals surface area contributed by atoms with Crippen LogP contribution in [-0.4, -0.2) is 85.5 Å². The van der Waals surface area contributed by atoms with Crippen LogP contribution in [0.5, 0.6) is 0 Å². The number of piperazine rings is 1. The Bertz CT molecular complexity index is 1330. The van der Waals surface area contributed by atoms with E-state index in [4.69, 9.17) is 0 Å². The van der Waals surface area contributed by atoms with Gasteiger partial charge in [-0.2, -0.15) is 0 Å². The number of hydrogen-bond donors (Lipinski definition) is 3. The molecule has 0 saturated carbocycles. The summed E-state index contributed by atoms with van der Waals surface area (Å²) in [5, 5.41) is 9.65. The van der Waals surface area contributed by atoms with E-state index in [0.29, 0.717) is 25.6 Å². The highest BCUT2D eigenvalue weighted by Gasteiger charge is 2.33. The summed E-state index contributed by atoms with van der Waals surface area (Å²) in [5.74, 6) is -0.0701. The van der Waals surface area contributed by atoms with Crippen molar-refractivity contribution in [2.75, 3.05) is 58.2 Å². The van der Waals surface area contributed by atoms with Crippen LogP contribution in [0.2, 0.25) is 0 Å². The average Bonchev–Trinajstić information content (AvgIpc) is 3.08. The van der Waals surface area contributed by atoms with Crippen LogP contribution < -0.4 is 16.0 Å². The van der Waals surface area contributed by atoms with Gasteiger partial charge in [-0.1, -0.05) is 74.5 Å². The summed E-state index contributed by atoms with van der Waals surface area (Å²) in [7, 11) is 2.16. The molecule has 2 aliphatic heterocycles. The van der Waals surface area contributed by atoms with E-state index in [0.717, 1.165) is 62.4 Å². The predicted molar refractivity (Wildman–Crippen MR) is 190 cm³/mol. The summed E-state index contributed by atoms with van der Waals surface area (Å²) >= 11 is 0. The molecular formula is C38H54N6O2. The zero-order valence-electron chi connectivity index (χ0n) is 28.3. The van der Waals surface area contributed by atoms with Gasteiger partial charge in [-0.05, 0) is 73.7 Å². The molecule has 8 nitrogen and oxygen atoms in total. The molecule has 0 aliphatic carbocycles. The van der Waals surface area contributed by atoms with Crippen LogP contribution in [0.3, 0.4) is 0 Å². The Morgan fingerprint density at radius 2 is 1.70 bits per heavy atom. The second-order valence-electron chi connectivity index (χ2n) is 12.8. The van der Waals surface area contributed by atoms with Crippen molar-refractivity contribution < 1.29 is 9.59 Å². The van der Waals surface area contributed by atoms with Crippen LogP contribution in [0.1, 0.15) is 50.7 Å². The molecule has 2 heterocycles. The fraction of sp³-hybridized carbons (Fsp3) is 0.474. The summed E-state index contributed by atoms with van der Waals surface area (Å²) in [6.07, 6.45) is 9.70. The monoisotopic (exact) mass is 626 g/mol. The first-order valence-corrected chi connectivity index (χ1v) is 16.9. The molecule has 2 saturated heterocycles. The lowest BCUT2D eigenvalue weighted by atomic mass is 9.85. The van der Waals surface area contributed by atoms with Crippen molar-refractivity contribution in [3.8, 4) is 0 Å². The number of carbonyl (C=O) groups is 2. The molecule has 2 fully saturated rings. The first-order valence-electron chi connectivity index (χ1n) is 16.9. The van der Waals surface area contributed by atoms with E-state index < -0.39 is 6.04 Å². The van der Waals surface area contributed by atoms with Crippen LogP contribution in [-0.2, 0) is 11.3 Å². The largest absolute Gasteiger partial charge is 0.387 e.